The molecule has 0 amide bonds. The molecule has 0 spiro atoms. The van der Waals surface area contributed by atoms with Gasteiger partial charge in [-0.25, -0.2) is 0 Å². The van der Waals surface area contributed by atoms with Gasteiger partial charge in [-0.2, -0.15) is 0 Å². The number of carbonyl (C=O) groups is 1. The molecule has 0 radical (unpaired) electrons. The molecule has 3 nitrogen and oxygen atoms in total. The maximum Gasteiger partial charge on any atom is 0.305 e. The summed E-state index contributed by atoms with van der Waals surface area (Å²) in [6, 6.07) is 0. The van der Waals surface area contributed by atoms with Crippen molar-refractivity contribution in [3.8, 4) is 0 Å². The van der Waals surface area contributed by atoms with E-state index in [9.17, 15) is 4.79 Å². The van der Waals surface area contributed by atoms with Crippen molar-refractivity contribution in [2.75, 3.05) is 13.2 Å². The highest BCUT2D eigenvalue weighted by Crippen LogP contribution is 2.09. The fourth-order valence-corrected chi connectivity index (χ4v) is 2.23. The summed E-state index contributed by atoms with van der Waals surface area (Å²) in [5.41, 5.74) is 0. The van der Waals surface area contributed by atoms with Gasteiger partial charge in [-0.1, -0.05) is 64.7 Å². The van der Waals surface area contributed by atoms with Gasteiger partial charge in [0.15, 0.2) is 0 Å². The fourth-order valence-electron chi connectivity index (χ4n) is 2.23. The third kappa shape index (κ3) is 15.5. The maximum absolute atomic E-state index is 11.5. The Morgan fingerprint density at radius 3 is 2.00 bits per heavy atom. The highest BCUT2D eigenvalue weighted by molar-refractivity contribution is 5.69. The van der Waals surface area contributed by atoms with E-state index in [1.165, 1.54) is 32.1 Å². The van der Waals surface area contributed by atoms with Gasteiger partial charge in [-0.05, 0) is 19.3 Å². The zero-order valence-electron chi connectivity index (χ0n) is 13.4. The lowest BCUT2D eigenvalue weighted by Gasteiger charge is -2.05. The summed E-state index contributed by atoms with van der Waals surface area (Å²) in [6.07, 6.45) is 14.3. The van der Waals surface area contributed by atoms with E-state index in [0.717, 1.165) is 44.9 Å². The molecule has 0 unspecified atom stereocenters. The van der Waals surface area contributed by atoms with E-state index in [2.05, 4.69) is 6.92 Å². The lowest BCUT2D eigenvalue weighted by Crippen LogP contribution is -2.05. The van der Waals surface area contributed by atoms with Crippen molar-refractivity contribution in [1.29, 1.82) is 0 Å². The molecular weight excluding hydrogens is 252 g/mol. The van der Waals surface area contributed by atoms with Crippen molar-refractivity contribution < 1.29 is 14.6 Å². The molecule has 0 aromatic carbocycles. The van der Waals surface area contributed by atoms with Gasteiger partial charge in [0.1, 0.15) is 0 Å². The minimum absolute atomic E-state index is 0.0334. The smallest absolute Gasteiger partial charge is 0.305 e. The standard InChI is InChI=1S/C17H34O3/c1-2-3-4-5-6-8-11-14-17(19)20-16-13-10-7-9-12-15-18/h18H,2-16H2,1H3. The largest absolute Gasteiger partial charge is 0.466 e. The minimum atomic E-state index is -0.0334. The molecule has 0 fully saturated rings. The monoisotopic (exact) mass is 286 g/mol. The van der Waals surface area contributed by atoms with E-state index in [0.29, 0.717) is 13.0 Å². The number of hydrogen-bond donors (Lipinski definition) is 1. The Labute approximate surface area is 125 Å². The Morgan fingerprint density at radius 1 is 0.800 bits per heavy atom. The van der Waals surface area contributed by atoms with Crippen LogP contribution in [0.15, 0.2) is 0 Å². The number of unbranched alkanes of at least 4 members (excludes halogenated alkanes) is 10. The van der Waals surface area contributed by atoms with E-state index in [4.69, 9.17) is 9.84 Å². The molecule has 0 saturated heterocycles. The van der Waals surface area contributed by atoms with Crippen LogP contribution in [0.2, 0.25) is 0 Å². The molecule has 3 heteroatoms. The van der Waals surface area contributed by atoms with Crippen molar-refractivity contribution in [3.63, 3.8) is 0 Å². The molecule has 0 aromatic heterocycles. The third-order valence-corrected chi connectivity index (χ3v) is 3.55. The second kappa shape index (κ2) is 16.5. The fraction of sp³-hybridized carbons (Fsp3) is 0.941. The van der Waals surface area contributed by atoms with Gasteiger partial charge < -0.3 is 9.84 Å². The van der Waals surface area contributed by atoms with Crippen LogP contribution in [0.4, 0.5) is 0 Å². The van der Waals surface area contributed by atoms with Gasteiger partial charge in [0, 0.05) is 13.0 Å². The zero-order chi connectivity index (χ0) is 14.9. The van der Waals surface area contributed by atoms with E-state index in [-0.39, 0.29) is 12.6 Å². The van der Waals surface area contributed by atoms with Crippen molar-refractivity contribution in [3.05, 3.63) is 0 Å². The highest BCUT2D eigenvalue weighted by atomic mass is 16.5. The van der Waals surface area contributed by atoms with Gasteiger partial charge in [0.05, 0.1) is 6.61 Å². The summed E-state index contributed by atoms with van der Waals surface area (Å²) in [4.78, 5) is 11.5. The summed E-state index contributed by atoms with van der Waals surface area (Å²) in [6.45, 7) is 3.07. The van der Waals surface area contributed by atoms with E-state index < -0.39 is 0 Å². The minimum Gasteiger partial charge on any atom is -0.466 e. The van der Waals surface area contributed by atoms with Gasteiger partial charge in [-0.15, -0.1) is 0 Å². The number of esters is 1. The van der Waals surface area contributed by atoms with Crippen molar-refractivity contribution in [2.45, 2.75) is 90.4 Å². The quantitative estimate of drug-likeness (QED) is 0.353. The van der Waals surface area contributed by atoms with Gasteiger partial charge in [-0.3, -0.25) is 4.79 Å². The Kier molecular flexibility index (Phi) is 16.0. The molecule has 0 atom stereocenters. The molecule has 0 aliphatic rings. The Hall–Kier alpha value is -0.570. The van der Waals surface area contributed by atoms with Crippen LogP contribution in [0, 0.1) is 0 Å². The van der Waals surface area contributed by atoms with Crippen LogP contribution >= 0.6 is 0 Å². The van der Waals surface area contributed by atoms with Crippen LogP contribution in [0.5, 0.6) is 0 Å². The number of carbonyl (C=O) groups excluding carboxylic acids is 1. The molecule has 0 aliphatic carbocycles. The normalized spacial score (nSPS) is 10.7. The van der Waals surface area contributed by atoms with Crippen LogP contribution < -0.4 is 0 Å². The number of aliphatic hydroxyl groups is 1. The first kappa shape index (κ1) is 19.4. The van der Waals surface area contributed by atoms with Crippen LogP contribution in [-0.2, 0) is 9.53 Å². The lowest BCUT2D eigenvalue weighted by atomic mass is 10.1. The maximum atomic E-state index is 11.5. The first-order valence-corrected chi connectivity index (χ1v) is 8.57. The lowest BCUT2D eigenvalue weighted by molar-refractivity contribution is -0.143. The molecule has 0 aromatic rings. The van der Waals surface area contributed by atoms with Gasteiger partial charge in [0.2, 0.25) is 0 Å². The van der Waals surface area contributed by atoms with E-state index in [1.54, 1.807) is 0 Å². The summed E-state index contributed by atoms with van der Waals surface area (Å²) >= 11 is 0. The molecular formula is C17H34O3. The summed E-state index contributed by atoms with van der Waals surface area (Å²) in [5.74, 6) is -0.0334. The van der Waals surface area contributed by atoms with E-state index >= 15 is 0 Å². The molecule has 0 rings (SSSR count). The average molecular weight is 286 g/mol. The predicted octanol–water partition coefficient (Wildman–Crippen LogP) is 4.61. The zero-order valence-corrected chi connectivity index (χ0v) is 13.4. The molecule has 1 N–H and O–H groups in total. The number of aliphatic hydroxyl groups excluding tert-OH is 1. The van der Waals surface area contributed by atoms with Crippen LogP contribution in [0.1, 0.15) is 90.4 Å². The number of hydrogen-bond acceptors (Lipinski definition) is 3. The Balaban J connectivity index is 3.13. The number of ether oxygens (including phenoxy) is 1. The third-order valence-electron chi connectivity index (χ3n) is 3.55. The van der Waals surface area contributed by atoms with Crippen LogP contribution in [0.25, 0.3) is 0 Å². The van der Waals surface area contributed by atoms with Crippen molar-refractivity contribution >= 4 is 5.97 Å². The predicted molar refractivity (Wildman–Crippen MR) is 83.7 cm³/mol. The second-order valence-corrected chi connectivity index (χ2v) is 5.58. The number of rotatable bonds is 15. The molecule has 0 saturated carbocycles. The SMILES string of the molecule is CCCCCCCCCC(=O)OCCCCCCCO. The molecule has 20 heavy (non-hydrogen) atoms. The molecule has 0 heterocycles. The van der Waals surface area contributed by atoms with E-state index in [1.807, 2.05) is 0 Å². The Bertz CT molecular complexity index is 184. The van der Waals surface area contributed by atoms with Crippen molar-refractivity contribution in [1.82, 2.24) is 0 Å². The van der Waals surface area contributed by atoms with Gasteiger partial charge in [0.25, 0.3) is 0 Å². The summed E-state index contributed by atoms with van der Waals surface area (Å²) < 4.78 is 5.21. The topological polar surface area (TPSA) is 46.5 Å². The van der Waals surface area contributed by atoms with Crippen LogP contribution in [-0.4, -0.2) is 24.3 Å². The first-order chi connectivity index (χ1) is 9.81. The average Bonchev–Trinajstić information content (AvgIpc) is 2.45. The second-order valence-electron chi connectivity index (χ2n) is 5.58. The summed E-state index contributed by atoms with van der Waals surface area (Å²) in [7, 11) is 0. The summed E-state index contributed by atoms with van der Waals surface area (Å²) in [5, 5.41) is 8.64. The Morgan fingerprint density at radius 2 is 1.35 bits per heavy atom. The van der Waals surface area contributed by atoms with Crippen LogP contribution in [0.3, 0.4) is 0 Å². The highest BCUT2D eigenvalue weighted by Gasteiger charge is 2.02. The molecule has 120 valence electrons. The molecule has 0 bridgehead atoms. The molecule has 0 aliphatic heterocycles. The van der Waals surface area contributed by atoms with Crippen molar-refractivity contribution in [2.24, 2.45) is 0 Å². The first-order valence-electron chi connectivity index (χ1n) is 8.57. The van der Waals surface area contributed by atoms with Gasteiger partial charge >= 0.3 is 5.97 Å².